The first kappa shape index (κ1) is 18.9. The van der Waals surface area contributed by atoms with Gasteiger partial charge in [0.2, 0.25) is 5.91 Å². The third-order valence-electron chi connectivity index (χ3n) is 4.65. The highest BCUT2D eigenvalue weighted by molar-refractivity contribution is 8.00. The lowest BCUT2D eigenvalue weighted by molar-refractivity contribution is -0.129. The second kappa shape index (κ2) is 9.19. The molecule has 3 rings (SSSR count). The first-order chi connectivity index (χ1) is 12.6. The number of amides is 2. The van der Waals surface area contributed by atoms with Crippen molar-refractivity contribution in [2.24, 2.45) is 0 Å². The fourth-order valence-electron chi connectivity index (χ4n) is 3.14. The second-order valence-corrected chi connectivity index (χ2v) is 8.28. The second-order valence-electron chi connectivity index (χ2n) is 6.37. The number of carbonyl (C=O) groups is 2. The predicted octanol–water partition coefficient (Wildman–Crippen LogP) is 4.28. The van der Waals surface area contributed by atoms with Gasteiger partial charge in [-0.2, -0.15) is 0 Å². The van der Waals surface area contributed by atoms with Crippen LogP contribution in [0, 0.1) is 0 Å². The highest BCUT2D eigenvalue weighted by Crippen LogP contribution is 2.26. The SMILES string of the molecule is CN(C(=O)CSc1ccccc1C(=O)Nc1nccs1)C1CCCCC1. The Balaban J connectivity index is 1.61. The van der Waals surface area contributed by atoms with Crippen molar-refractivity contribution < 1.29 is 9.59 Å². The zero-order chi connectivity index (χ0) is 18.4. The molecule has 0 aliphatic heterocycles. The van der Waals surface area contributed by atoms with Crippen molar-refractivity contribution in [2.45, 2.75) is 43.0 Å². The molecule has 1 aliphatic rings. The molecule has 0 radical (unpaired) electrons. The van der Waals surface area contributed by atoms with Gasteiger partial charge < -0.3 is 4.90 Å². The summed E-state index contributed by atoms with van der Waals surface area (Å²) >= 11 is 2.80. The number of carbonyl (C=O) groups excluding carboxylic acids is 2. The van der Waals surface area contributed by atoms with Gasteiger partial charge >= 0.3 is 0 Å². The Labute approximate surface area is 162 Å². The van der Waals surface area contributed by atoms with Crippen LogP contribution in [0.1, 0.15) is 42.5 Å². The quantitative estimate of drug-likeness (QED) is 0.749. The van der Waals surface area contributed by atoms with E-state index >= 15 is 0 Å². The lowest BCUT2D eigenvalue weighted by Gasteiger charge is -2.31. The monoisotopic (exact) mass is 389 g/mol. The van der Waals surface area contributed by atoms with E-state index in [0.717, 1.165) is 17.7 Å². The zero-order valence-corrected chi connectivity index (χ0v) is 16.4. The highest BCUT2D eigenvalue weighted by atomic mass is 32.2. The number of thiazole rings is 1. The molecule has 26 heavy (non-hydrogen) atoms. The minimum Gasteiger partial charge on any atom is -0.342 e. The zero-order valence-electron chi connectivity index (χ0n) is 14.8. The van der Waals surface area contributed by atoms with Crippen LogP contribution >= 0.6 is 23.1 Å². The number of thioether (sulfide) groups is 1. The van der Waals surface area contributed by atoms with Gasteiger partial charge in [0.25, 0.3) is 5.91 Å². The van der Waals surface area contributed by atoms with Crippen LogP contribution in [0.2, 0.25) is 0 Å². The number of nitrogens with zero attached hydrogens (tertiary/aromatic N) is 2. The third-order valence-corrected chi connectivity index (χ3v) is 6.40. The van der Waals surface area contributed by atoms with Crippen molar-refractivity contribution in [1.29, 1.82) is 0 Å². The molecule has 7 heteroatoms. The molecule has 1 aromatic heterocycles. The van der Waals surface area contributed by atoms with Crippen LogP contribution in [0.4, 0.5) is 5.13 Å². The Bertz CT molecular complexity index is 743. The van der Waals surface area contributed by atoms with E-state index in [1.807, 2.05) is 35.5 Å². The summed E-state index contributed by atoms with van der Waals surface area (Å²) in [6, 6.07) is 7.74. The average molecular weight is 390 g/mol. The van der Waals surface area contributed by atoms with E-state index in [1.54, 1.807) is 12.3 Å². The number of aromatic nitrogens is 1. The van der Waals surface area contributed by atoms with E-state index < -0.39 is 0 Å². The van der Waals surface area contributed by atoms with Gasteiger partial charge in [0, 0.05) is 29.6 Å². The maximum atomic E-state index is 12.5. The fraction of sp³-hybridized carbons (Fsp3) is 0.421. The molecule has 0 spiro atoms. The summed E-state index contributed by atoms with van der Waals surface area (Å²) in [6.07, 6.45) is 7.53. The first-order valence-corrected chi connectivity index (χ1v) is 10.7. The van der Waals surface area contributed by atoms with Crippen LogP contribution in [-0.2, 0) is 4.79 Å². The molecule has 1 N–H and O–H groups in total. The first-order valence-electron chi connectivity index (χ1n) is 8.83. The maximum absolute atomic E-state index is 12.5. The van der Waals surface area contributed by atoms with Gasteiger partial charge in [-0.3, -0.25) is 14.9 Å². The summed E-state index contributed by atoms with van der Waals surface area (Å²) in [5.74, 6) is 0.266. The van der Waals surface area contributed by atoms with Crippen LogP contribution in [-0.4, -0.2) is 40.5 Å². The number of hydrogen-bond acceptors (Lipinski definition) is 5. The Kier molecular flexibility index (Phi) is 6.68. The van der Waals surface area contributed by atoms with Crippen molar-refractivity contribution in [2.75, 3.05) is 18.1 Å². The Hall–Kier alpha value is -1.86. The number of nitrogens with one attached hydrogen (secondary N) is 1. The lowest BCUT2D eigenvalue weighted by Crippen LogP contribution is -2.39. The molecular formula is C19H23N3O2S2. The summed E-state index contributed by atoms with van der Waals surface area (Å²) in [5.41, 5.74) is 0.570. The average Bonchev–Trinajstić information content (AvgIpc) is 3.19. The summed E-state index contributed by atoms with van der Waals surface area (Å²) in [7, 11) is 1.90. The third kappa shape index (κ3) is 4.86. The van der Waals surface area contributed by atoms with E-state index in [9.17, 15) is 9.59 Å². The molecule has 2 aromatic rings. The lowest BCUT2D eigenvalue weighted by atomic mass is 9.94. The van der Waals surface area contributed by atoms with Crippen molar-refractivity contribution >= 4 is 40.0 Å². The van der Waals surface area contributed by atoms with Crippen molar-refractivity contribution in [3.63, 3.8) is 0 Å². The van der Waals surface area contributed by atoms with Crippen LogP contribution in [0.15, 0.2) is 40.7 Å². The van der Waals surface area contributed by atoms with Crippen molar-refractivity contribution in [1.82, 2.24) is 9.88 Å². The molecule has 1 fully saturated rings. The van der Waals surface area contributed by atoms with E-state index in [4.69, 9.17) is 0 Å². The number of benzene rings is 1. The van der Waals surface area contributed by atoms with Gasteiger partial charge in [-0.1, -0.05) is 31.4 Å². The van der Waals surface area contributed by atoms with Crippen LogP contribution in [0.3, 0.4) is 0 Å². The number of anilines is 1. The highest BCUT2D eigenvalue weighted by Gasteiger charge is 2.22. The van der Waals surface area contributed by atoms with Gasteiger partial charge in [0.15, 0.2) is 5.13 Å². The number of rotatable bonds is 6. The van der Waals surface area contributed by atoms with E-state index in [2.05, 4.69) is 10.3 Å². The van der Waals surface area contributed by atoms with Gasteiger partial charge in [-0.25, -0.2) is 4.98 Å². The molecular weight excluding hydrogens is 366 g/mol. The van der Waals surface area contributed by atoms with Crippen LogP contribution in [0.25, 0.3) is 0 Å². The normalized spacial score (nSPS) is 14.8. The Morgan fingerprint density at radius 2 is 2.04 bits per heavy atom. The molecule has 1 aromatic carbocycles. The van der Waals surface area contributed by atoms with Gasteiger partial charge in [-0.05, 0) is 25.0 Å². The summed E-state index contributed by atoms with van der Waals surface area (Å²) < 4.78 is 0. The van der Waals surface area contributed by atoms with Crippen molar-refractivity contribution in [3.8, 4) is 0 Å². The molecule has 138 valence electrons. The van der Waals surface area contributed by atoms with E-state index in [-0.39, 0.29) is 11.8 Å². The minimum absolute atomic E-state index is 0.122. The van der Waals surface area contributed by atoms with Crippen molar-refractivity contribution in [3.05, 3.63) is 41.4 Å². The summed E-state index contributed by atoms with van der Waals surface area (Å²) in [6.45, 7) is 0. The largest absolute Gasteiger partial charge is 0.342 e. The fourth-order valence-corrected chi connectivity index (χ4v) is 4.64. The number of hydrogen-bond donors (Lipinski definition) is 1. The molecule has 1 heterocycles. The molecule has 2 amide bonds. The standard InChI is InChI=1S/C19H23N3O2S2/c1-22(14-7-3-2-4-8-14)17(23)13-26-16-10-6-5-9-15(16)18(24)21-19-20-11-12-25-19/h5-6,9-12,14H,2-4,7-8,13H2,1H3,(H,20,21,24). The van der Waals surface area contributed by atoms with Crippen LogP contribution in [0.5, 0.6) is 0 Å². The van der Waals surface area contributed by atoms with Gasteiger partial charge in [0.05, 0.1) is 11.3 Å². The van der Waals surface area contributed by atoms with Gasteiger partial charge in [-0.15, -0.1) is 23.1 Å². The summed E-state index contributed by atoms with van der Waals surface area (Å²) in [4.78, 5) is 31.8. The Morgan fingerprint density at radius 1 is 1.27 bits per heavy atom. The topological polar surface area (TPSA) is 62.3 Å². The Morgan fingerprint density at radius 3 is 2.77 bits per heavy atom. The molecule has 0 unspecified atom stereocenters. The molecule has 1 aliphatic carbocycles. The molecule has 1 saturated carbocycles. The smallest absolute Gasteiger partial charge is 0.258 e. The predicted molar refractivity (Wildman–Crippen MR) is 107 cm³/mol. The molecule has 0 saturated heterocycles. The molecule has 0 atom stereocenters. The maximum Gasteiger partial charge on any atom is 0.258 e. The van der Waals surface area contributed by atoms with Crippen LogP contribution < -0.4 is 5.32 Å². The van der Waals surface area contributed by atoms with Gasteiger partial charge in [0.1, 0.15) is 0 Å². The molecule has 0 bridgehead atoms. The summed E-state index contributed by atoms with van der Waals surface area (Å²) in [5, 5.41) is 5.19. The molecule has 5 nitrogen and oxygen atoms in total. The van der Waals surface area contributed by atoms with E-state index in [1.165, 1.54) is 42.4 Å². The van der Waals surface area contributed by atoms with E-state index in [0.29, 0.717) is 22.5 Å². The minimum atomic E-state index is -0.198.